The number of aryl methyl sites for hydroxylation is 2. The van der Waals surface area contributed by atoms with Gasteiger partial charge in [-0.25, -0.2) is 4.98 Å². The number of nitrogens with zero attached hydrogens (tertiary/aromatic N) is 1. The summed E-state index contributed by atoms with van der Waals surface area (Å²) in [6.07, 6.45) is 2.37. The summed E-state index contributed by atoms with van der Waals surface area (Å²) in [6, 6.07) is 14.4. The normalized spacial score (nSPS) is 10.7. The van der Waals surface area contributed by atoms with Gasteiger partial charge in [0.15, 0.2) is 0 Å². The van der Waals surface area contributed by atoms with Gasteiger partial charge in [-0.05, 0) is 36.8 Å². The predicted octanol–water partition coefficient (Wildman–Crippen LogP) is 4.82. The average Bonchev–Trinajstić information content (AvgIpc) is 3.23. The molecule has 0 aliphatic heterocycles. The lowest BCUT2D eigenvalue weighted by Gasteiger charge is -2.04. The number of hydrogen-bond acceptors (Lipinski definition) is 4. The molecule has 124 valence electrons. The van der Waals surface area contributed by atoms with Crippen molar-refractivity contribution in [1.29, 1.82) is 0 Å². The number of thiophene rings is 1. The van der Waals surface area contributed by atoms with E-state index in [1.54, 1.807) is 22.7 Å². The molecule has 0 aliphatic carbocycles. The van der Waals surface area contributed by atoms with Crippen LogP contribution >= 0.6 is 22.7 Å². The smallest absolute Gasteiger partial charge is 0.220 e. The fourth-order valence-corrected chi connectivity index (χ4v) is 4.26. The topological polar surface area (TPSA) is 42.0 Å². The van der Waals surface area contributed by atoms with Crippen molar-refractivity contribution in [2.45, 2.75) is 32.7 Å². The maximum Gasteiger partial charge on any atom is 0.220 e. The van der Waals surface area contributed by atoms with Gasteiger partial charge < -0.3 is 5.32 Å². The maximum atomic E-state index is 12.0. The largest absolute Gasteiger partial charge is 0.351 e. The molecular formula is C19H20N2OS2. The van der Waals surface area contributed by atoms with E-state index in [1.165, 1.54) is 10.4 Å². The van der Waals surface area contributed by atoms with Crippen molar-refractivity contribution in [2.75, 3.05) is 0 Å². The Hall–Kier alpha value is -1.98. The van der Waals surface area contributed by atoms with Crippen LogP contribution in [-0.2, 0) is 17.8 Å². The summed E-state index contributed by atoms with van der Waals surface area (Å²) in [5, 5.41) is 6.11. The molecule has 3 rings (SSSR count). The van der Waals surface area contributed by atoms with Crippen LogP contribution in [0.1, 0.15) is 29.0 Å². The van der Waals surface area contributed by atoms with Crippen LogP contribution in [0.4, 0.5) is 0 Å². The van der Waals surface area contributed by atoms with E-state index < -0.39 is 0 Å². The van der Waals surface area contributed by atoms with Crippen LogP contribution < -0.4 is 5.32 Å². The summed E-state index contributed by atoms with van der Waals surface area (Å²) in [4.78, 5) is 19.0. The number of benzene rings is 1. The molecule has 0 bridgehead atoms. The SMILES string of the molecule is Cc1nc(-c2cccs2)sc1CNC(=O)CCCc1ccccc1. The van der Waals surface area contributed by atoms with Gasteiger partial charge >= 0.3 is 0 Å². The molecule has 0 aliphatic rings. The number of rotatable bonds is 7. The van der Waals surface area contributed by atoms with Crippen LogP contribution in [0.2, 0.25) is 0 Å². The lowest BCUT2D eigenvalue weighted by atomic mass is 10.1. The zero-order chi connectivity index (χ0) is 16.8. The number of hydrogen-bond donors (Lipinski definition) is 1. The highest BCUT2D eigenvalue weighted by Gasteiger charge is 2.11. The highest BCUT2D eigenvalue weighted by molar-refractivity contribution is 7.21. The minimum absolute atomic E-state index is 0.108. The standard InChI is InChI=1S/C19H20N2OS2/c1-14-17(24-19(21-14)16-10-6-12-23-16)13-20-18(22)11-5-9-15-7-3-2-4-8-15/h2-4,6-8,10,12H,5,9,11,13H2,1H3,(H,20,22). The van der Waals surface area contributed by atoms with Crippen LogP contribution in [-0.4, -0.2) is 10.9 Å². The first-order chi connectivity index (χ1) is 11.7. The summed E-state index contributed by atoms with van der Waals surface area (Å²) in [5.41, 5.74) is 2.29. The third-order valence-electron chi connectivity index (χ3n) is 3.78. The summed E-state index contributed by atoms with van der Waals surface area (Å²) in [5.74, 6) is 0.108. The Kier molecular flexibility index (Phi) is 5.77. The van der Waals surface area contributed by atoms with Crippen molar-refractivity contribution in [2.24, 2.45) is 0 Å². The van der Waals surface area contributed by atoms with Crippen molar-refractivity contribution < 1.29 is 4.79 Å². The molecule has 0 saturated heterocycles. The van der Waals surface area contributed by atoms with Crippen LogP contribution in [0.5, 0.6) is 0 Å². The van der Waals surface area contributed by atoms with Gasteiger partial charge in [0.25, 0.3) is 0 Å². The number of thiazole rings is 1. The molecule has 5 heteroatoms. The van der Waals surface area contributed by atoms with Gasteiger partial charge in [0, 0.05) is 11.3 Å². The van der Waals surface area contributed by atoms with Crippen molar-refractivity contribution in [3.8, 4) is 9.88 Å². The zero-order valence-electron chi connectivity index (χ0n) is 13.6. The van der Waals surface area contributed by atoms with E-state index in [0.29, 0.717) is 13.0 Å². The molecule has 1 amide bonds. The lowest BCUT2D eigenvalue weighted by Crippen LogP contribution is -2.22. The van der Waals surface area contributed by atoms with Crippen LogP contribution in [0, 0.1) is 6.92 Å². The number of amides is 1. The lowest BCUT2D eigenvalue weighted by molar-refractivity contribution is -0.121. The molecule has 3 nitrogen and oxygen atoms in total. The first-order valence-electron chi connectivity index (χ1n) is 8.03. The second-order valence-corrected chi connectivity index (χ2v) is 7.65. The van der Waals surface area contributed by atoms with Crippen LogP contribution in [0.3, 0.4) is 0 Å². The number of carbonyl (C=O) groups is 1. The predicted molar refractivity (Wildman–Crippen MR) is 101 cm³/mol. The van der Waals surface area contributed by atoms with Crippen LogP contribution in [0.25, 0.3) is 9.88 Å². The molecule has 1 aromatic carbocycles. The Balaban J connectivity index is 1.46. The third-order valence-corrected chi connectivity index (χ3v) is 5.98. The average molecular weight is 357 g/mol. The Morgan fingerprint density at radius 3 is 2.75 bits per heavy atom. The molecule has 0 fully saturated rings. The number of carbonyl (C=O) groups excluding carboxylic acids is 1. The molecule has 3 aromatic rings. The van der Waals surface area contributed by atoms with Gasteiger partial charge in [0.2, 0.25) is 5.91 Å². The highest BCUT2D eigenvalue weighted by atomic mass is 32.1. The molecular weight excluding hydrogens is 336 g/mol. The molecule has 2 heterocycles. The fraction of sp³-hybridized carbons (Fsp3) is 0.263. The Morgan fingerprint density at radius 1 is 1.17 bits per heavy atom. The quantitative estimate of drug-likeness (QED) is 0.659. The highest BCUT2D eigenvalue weighted by Crippen LogP contribution is 2.30. The van der Waals surface area contributed by atoms with E-state index >= 15 is 0 Å². The van der Waals surface area contributed by atoms with Gasteiger partial charge in [-0.15, -0.1) is 22.7 Å². The second-order valence-electron chi connectivity index (χ2n) is 5.62. The molecule has 0 spiro atoms. The Bertz CT molecular complexity index is 779. The first kappa shape index (κ1) is 16.9. The number of aromatic nitrogens is 1. The maximum absolute atomic E-state index is 12.0. The molecule has 0 radical (unpaired) electrons. The molecule has 2 aromatic heterocycles. The molecule has 0 saturated carbocycles. The van der Waals surface area contributed by atoms with Crippen LogP contribution in [0.15, 0.2) is 47.8 Å². The van der Waals surface area contributed by atoms with Crippen molar-refractivity contribution >= 4 is 28.6 Å². The monoisotopic (exact) mass is 356 g/mol. The molecule has 24 heavy (non-hydrogen) atoms. The molecule has 1 N–H and O–H groups in total. The van der Waals surface area contributed by atoms with E-state index in [0.717, 1.165) is 28.4 Å². The first-order valence-corrected chi connectivity index (χ1v) is 9.73. The minimum Gasteiger partial charge on any atom is -0.351 e. The van der Waals surface area contributed by atoms with Crippen molar-refractivity contribution in [3.63, 3.8) is 0 Å². The van der Waals surface area contributed by atoms with Gasteiger partial charge in [0.1, 0.15) is 5.01 Å². The van der Waals surface area contributed by atoms with Gasteiger partial charge in [-0.3, -0.25) is 4.79 Å². The summed E-state index contributed by atoms with van der Waals surface area (Å²) in [7, 11) is 0. The Morgan fingerprint density at radius 2 is 2.00 bits per heavy atom. The van der Waals surface area contributed by atoms with E-state index in [1.807, 2.05) is 31.2 Å². The van der Waals surface area contributed by atoms with E-state index in [4.69, 9.17) is 0 Å². The van der Waals surface area contributed by atoms with E-state index in [9.17, 15) is 4.79 Å². The summed E-state index contributed by atoms with van der Waals surface area (Å²) < 4.78 is 0. The van der Waals surface area contributed by atoms with Gasteiger partial charge in [0.05, 0.1) is 17.1 Å². The van der Waals surface area contributed by atoms with E-state index in [2.05, 4.69) is 33.9 Å². The number of nitrogens with one attached hydrogen (secondary N) is 1. The summed E-state index contributed by atoms with van der Waals surface area (Å²) in [6.45, 7) is 2.57. The van der Waals surface area contributed by atoms with Gasteiger partial charge in [-0.2, -0.15) is 0 Å². The van der Waals surface area contributed by atoms with Gasteiger partial charge in [-0.1, -0.05) is 36.4 Å². The van der Waals surface area contributed by atoms with Crippen molar-refractivity contribution in [1.82, 2.24) is 10.3 Å². The third kappa shape index (κ3) is 4.52. The molecule has 0 atom stereocenters. The summed E-state index contributed by atoms with van der Waals surface area (Å²) >= 11 is 3.36. The molecule has 0 unspecified atom stereocenters. The fourth-order valence-electron chi connectivity index (χ4n) is 2.46. The van der Waals surface area contributed by atoms with E-state index in [-0.39, 0.29) is 5.91 Å². The second kappa shape index (κ2) is 8.22. The Labute approximate surface area is 150 Å². The minimum atomic E-state index is 0.108. The van der Waals surface area contributed by atoms with Crippen molar-refractivity contribution in [3.05, 3.63) is 64.0 Å². The zero-order valence-corrected chi connectivity index (χ0v) is 15.3.